The summed E-state index contributed by atoms with van der Waals surface area (Å²) in [6, 6.07) is 10.1. The summed E-state index contributed by atoms with van der Waals surface area (Å²) < 4.78 is 20.6. The van der Waals surface area contributed by atoms with E-state index in [1.165, 1.54) is 12.1 Å². The number of benzene rings is 1. The number of aromatic nitrogens is 2. The fourth-order valence-corrected chi connectivity index (χ4v) is 1.90. The fourth-order valence-electron chi connectivity index (χ4n) is 1.78. The van der Waals surface area contributed by atoms with Crippen LogP contribution in [0, 0.1) is 5.82 Å². The van der Waals surface area contributed by atoms with Crippen molar-refractivity contribution in [3.8, 4) is 5.75 Å². The summed E-state index contributed by atoms with van der Waals surface area (Å²) in [6.07, 6.45) is 3.79. The van der Waals surface area contributed by atoms with Gasteiger partial charge in [0.25, 0.3) is 0 Å². The zero-order valence-electron chi connectivity index (χ0n) is 9.88. The zero-order chi connectivity index (χ0) is 13.2. The van der Waals surface area contributed by atoms with Crippen LogP contribution in [0.2, 0.25) is 5.02 Å². The molecule has 0 unspecified atom stereocenters. The average molecular weight is 277 g/mol. The first-order valence-electron chi connectivity index (χ1n) is 5.73. The van der Waals surface area contributed by atoms with Crippen LogP contribution in [0.25, 0.3) is 5.65 Å². The van der Waals surface area contributed by atoms with Crippen molar-refractivity contribution in [2.24, 2.45) is 0 Å². The molecule has 0 amide bonds. The molecule has 2 aromatic heterocycles. The molecule has 2 heterocycles. The summed E-state index contributed by atoms with van der Waals surface area (Å²) in [7, 11) is 0. The third-order valence-electron chi connectivity index (χ3n) is 2.69. The van der Waals surface area contributed by atoms with Crippen LogP contribution in [0.3, 0.4) is 0 Å². The highest BCUT2D eigenvalue weighted by Gasteiger charge is 2.04. The van der Waals surface area contributed by atoms with E-state index >= 15 is 0 Å². The van der Waals surface area contributed by atoms with Gasteiger partial charge in [-0.3, -0.25) is 0 Å². The summed E-state index contributed by atoms with van der Waals surface area (Å²) in [5.41, 5.74) is 1.63. The highest BCUT2D eigenvalue weighted by atomic mass is 35.5. The van der Waals surface area contributed by atoms with E-state index < -0.39 is 5.82 Å². The van der Waals surface area contributed by atoms with Crippen LogP contribution in [0.5, 0.6) is 5.75 Å². The number of hydrogen-bond acceptors (Lipinski definition) is 2. The lowest BCUT2D eigenvalue weighted by atomic mass is 10.3. The number of fused-ring (bicyclic) bond motifs is 1. The van der Waals surface area contributed by atoms with Gasteiger partial charge in [-0.15, -0.1) is 0 Å². The Labute approximate surface area is 114 Å². The summed E-state index contributed by atoms with van der Waals surface area (Å²) >= 11 is 5.61. The van der Waals surface area contributed by atoms with E-state index in [0.29, 0.717) is 5.75 Å². The first kappa shape index (κ1) is 12.0. The molecule has 0 saturated carbocycles. The van der Waals surface area contributed by atoms with E-state index in [-0.39, 0.29) is 11.6 Å². The Morgan fingerprint density at radius 2 is 2.16 bits per heavy atom. The van der Waals surface area contributed by atoms with E-state index in [2.05, 4.69) is 4.98 Å². The maximum absolute atomic E-state index is 13.2. The highest BCUT2D eigenvalue weighted by molar-refractivity contribution is 6.30. The Kier molecular flexibility index (Phi) is 3.09. The summed E-state index contributed by atoms with van der Waals surface area (Å²) in [4.78, 5) is 4.39. The van der Waals surface area contributed by atoms with Crippen molar-refractivity contribution in [3.05, 3.63) is 65.3 Å². The van der Waals surface area contributed by atoms with Crippen molar-refractivity contribution < 1.29 is 9.13 Å². The van der Waals surface area contributed by atoms with Crippen LogP contribution >= 0.6 is 11.6 Å². The number of halogens is 2. The first-order chi connectivity index (χ1) is 9.22. The lowest BCUT2D eigenvalue weighted by molar-refractivity contribution is 0.300. The predicted molar refractivity (Wildman–Crippen MR) is 70.9 cm³/mol. The topological polar surface area (TPSA) is 26.5 Å². The molecule has 0 N–H and O–H groups in total. The number of nitrogens with zero attached hydrogens (tertiary/aromatic N) is 2. The number of rotatable bonds is 3. The Morgan fingerprint density at radius 3 is 2.95 bits per heavy atom. The summed E-state index contributed by atoms with van der Waals surface area (Å²) in [6.45, 7) is 0.281. The van der Waals surface area contributed by atoms with Gasteiger partial charge in [0, 0.05) is 18.5 Å². The van der Waals surface area contributed by atoms with Gasteiger partial charge < -0.3 is 9.14 Å². The number of pyridine rings is 1. The minimum Gasteiger partial charge on any atom is -0.487 e. The molecule has 3 nitrogen and oxygen atoms in total. The van der Waals surface area contributed by atoms with Gasteiger partial charge in [-0.05, 0) is 24.3 Å². The van der Waals surface area contributed by atoms with Gasteiger partial charge in [0.1, 0.15) is 23.8 Å². The van der Waals surface area contributed by atoms with Crippen molar-refractivity contribution in [3.63, 3.8) is 0 Å². The molecule has 0 radical (unpaired) electrons. The van der Waals surface area contributed by atoms with Gasteiger partial charge in [-0.2, -0.15) is 0 Å². The molecule has 0 saturated heterocycles. The first-order valence-corrected chi connectivity index (χ1v) is 6.10. The second kappa shape index (κ2) is 4.90. The molecule has 0 atom stereocenters. The molecule has 5 heteroatoms. The minimum absolute atomic E-state index is 0.0834. The Balaban J connectivity index is 1.76. The van der Waals surface area contributed by atoms with Crippen molar-refractivity contribution in [2.45, 2.75) is 6.61 Å². The van der Waals surface area contributed by atoms with Gasteiger partial charge >= 0.3 is 0 Å². The van der Waals surface area contributed by atoms with Crippen LogP contribution in [0.15, 0.2) is 48.8 Å². The third kappa shape index (κ3) is 2.53. The fraction of sp³-hybridized carbons (Fsp3) is 0.0714. The van der Waals surface area contributed by atoms with Crippen molar-refractivity contribution >= 4 is 17.2 Å². The van der Waals surface area contributed by atoms with Gasteiger partial charge in [-0.1, -0.05) is 17.7 Å². The molecule has 96 valence electrons. The molecule has 0 aliphatic rings. The van der Waals surface area contributed by atoms with Crippen LogP contribution in [0.1, 0.15) is 5.69 Å². The predicted octanol–water partition coefficient (Wildman–Crippen LogP) is 3.71. The van der Waals surface area contributed by atoms with Gasteiger partial charge in [-0.25, -0.2) is 9.37 Å². The summed E-state index contributed by atoms with van der Waals surface area (Å²) in [5.74, 6) is -0.0619. The lowest BCUT2D eigenvalue weighted by Crippen LogP contribution is -1.96. The molecule has 3 rings (SSSR count). The highest BCUT2D eigenvalue weighted by Crippen LogP contribution is 2.21. The monoisotopic (exact) mass is 276 g/mol. The number of hydrogen-bond donors (Lipinski definition) is 0. The molecular weight excluding hydrogens is 267 g/mol. The van der Waals surface area contributed by atoms with E-state index in [1.54, 1.807) is 6.07 Å². The number of ether oxygens (including phenoxy) is 1. The molecule has 3 aromatic rings. The van der Waals surface area contributed by atoms with Gasteiger partial charge in [0.05, 0.1) is 10.7 Å². The summed E-state index contributed by atoms with van der Waals surface area (Å²) in [5, 5.41) is 0.0834. The van der Waals surface area contributed by atoms with Crippen LogP contribution in [-0.2, 0) is 6.61 Å². The van der Waals surface area contributed by atoms with Crippen LogP contribution < -0.4 is 4.74 Å². The zero-order valence-corrected chi connectivity index (χ0v) is 10.6. The average Bonchev–Trinajstić information content (AvgIpc) is 2.83. The molecule has 0 aliphatic carbocycles. The van der Waals surface area contributed by atoms with Gasteiger partial charge in [0.2, 0.25) is 0 Å². The Bertz CT molecular complexity index is 693. The number of imidazole rings is 1. The molecule has 0 aliphatic heterocycles. The maximum Gasteiger partial charge on any atom is 0.145 e. The third-order valence-corrected chi connectivity index (χ3v) is 3.00. The van der Waals surface area contributed by atoms with E-state index in [4.69, 9.17) is 16.3 Å². The smallest absolute Gasteiger partial charge is 0.145 e. The second-order valence-corrected chi connectivity index (χ2v) is 4.47. The van der Waals surface area contributed by atoms with E-state index in [9.17, 15) is 4.39 Å². The van der Waals surface area contributed by atoms with Crippen molar-refractivity contribution in [2.75, 3.05) is 0 Å². The Hall–Kier alpha value is -2.07. The minimum atomic E-state index is -0.492. The molecule has 0 bridgehead atoms. The molecule has 1 aromatic carbocycles. The standard InChI is InChI=1S/C14H10ClFN2O/c15-12-5-4-11(7-13(12)16)19-9-10-8-18-6-2-1-3-14(18)17-10/h1-8H,9H2. The van der Waals surface area contributed by atoms with Crippen LogP contribution in [0.4, 0.5) is 4.39 Å². The largest absolute Gasteiger partial charge is 0.487 e. The van der Waals surface area contributed by atoms with Crippen LogP contribution in [-0.4, -0.2) is 9.38 Å². The normalized spacial score (nSPS) is 10.8. The Morgan fingerprint density at radius 1 is 1.26 bits per heavy atom. The van der Waals surface area contributed by atoms with Gasteiger partial charge in [0.15, 0.2) is 0 Å². The maximum atomic E-state index is 13.2. The molecule has 0 spiro atoms. The van der Waals surface area contributed by atoms with E-state index in [0.717, 1.165) is 11.3 Å². The molecule has 19 heavy (non-hydrogen) atoms. The van der Waals surface area contributed by atoms with E-state index in [1.807, 2.05) is 35.0 Å². The van der Waals surface area contributed by atoms with Crippen molar-refractivity contribution in [1.29, 1.82) is 0 Å². The lowest BCUT2D eigenvalue weighted by Gasteiger charge is -2.04. The SMILES string of the molecule is Fc1cc(OCc2cn3ccccc3n2)ccc1Cl. The quantitative estimate of drug-likeness (QED) is 0.729. The second-order valence-electron chi connectivity index (χ2n) is 4.06. The molecule has 0 fully saturated rings. The van der Waals surface area contributed by atoms with Crippen molar-refractivity contribution in [1.82, 2.24) is 9.38 Å². The molecular formula is C14H10ClFN2O.